The first-order chi connectivity index (χ1) is 20.7. The van der Waals surface area contributed by atoms with Crippen LogP contribution in [-0.2, 0) is 23.7 Å². The fourth-order valence-corrected chi connectivity index (χ4v) is 11.6. The predicted molar refractivity (Wildman–Crippen MR) is 218 cm³/mol. The van der Waals surface area contributed by atoms with E-state index >= 15 is 0 Å². The third kappa shape index (κ3) is 16.9. The van der Waals surface area contributed by atoms with E-state index in [1.807, 2.05) is 23.5 Å². The van der Waals surface area contributed by atoms with Gasteiger partial charge >= 0.3 is 0 Å². The molecular formula is C38H82O5S2Si2. The molecule has 0 rings (SSSR count). The van der Waals surface area contributed by atoms with E-state index in [1.54, 1.807) is 0 Å². The predicted octanol–water partition coefficient (Wildman–Crippen LogP) is 11.7. The maximum atomic E-state index is 6.54. The number of hydrogen-bond acceptors (Lipinski definition) is 7. The molecule has 5 nitrogen and oxygen atoms in total. The molecule has 1 unspecified atom stereocenters. The van der Waals surface area contributed by atoms with Gasteiger partial charge in [-0.05, 0) is 99.1 Å². The number of thioether (sulfide) groups is 2. The van der Waals surface area contributed by atoms with Gasteiger partial charge in [-0.3, -0.25) is 0 Å². The van der Waals surface area contributed by atoms with Gasteiger partial charge in [0.15, 0.2) is 0 Å². The van der Waals surface area contributed by atoms with E-state index in [-0.39, 0.29) is 42.8 Å². The van der Waals surface area contributed by atoms with Crippen molar-refractivity contribution in [2.24, 2.45) is 0 Å². The summed E-state index contributed by atoms with van der Waals surface area (Å²) >= 11 is 3.76. The molecule has 0 aliphatic heterocycles. The molecule has 0 spiro atoms. The van der Waals surface area contributed by atoms with Crippen molar-refractivity contribution in [3.8, 4) is 0 Å². The van der Waals surface area contributed by atoms with Crippen molar-refractivity contribution >= 4 is 39.7 Å². The quantitative estimate of drug-likeness (QED) is 0.0622. The summed E-state index contributed by atoms with van der Waals surface area (Å²) in [6.07, 6.45) is 1.77. The summed E-state index contributed by atoms with van der Waals surface area (Å²) in [5.74, 6) is 2.77. The summed E-state index contributed by atoms with van der Waals surface area (Å²) in [6.45, 7) is 51.0. The fourth-order valence-electron chi connectivity index (χ4n) is 4.98. The second-order valence-corrected chi connectivity index (χ2v) is 34.1. The third-order valence-electron chi connectivity index (χ3n) is 11.4. The van der Waals surface area contributed by atoms with E-state index in [1.165, 1.54) is 0 Å². The van der Waals surface area contributed by atoms with Crippen LogP contribution >= 0.6 is 23.5 Å². The zero-order valence-electron chi connectivity index (χ0n) is 35.3. The Bertz CT molecular complexity index is 897. The molecular weight excluding hydrogens is 657 g/mol. The summed E-state index contributed by atoms with van der Waals surface area (Å²) in [4.78, 5) is 0. The summed E-state index contributed by atoms with van der Waals surface area (Å²) < 4.78 is 32.2. The molecule has 0 heterocycles. The van der Waals surface area contributed by atoms with Crippen molar-refractivity contribution in [2.45, 2.75) is 199 Å². The molecule has 0 amide bonds. The largest absolute Gasteiger partial charge is 0.379 e. The van der Waals surface area contributed by atoms with Gasteiger partial charge in [-0.25, -0.2) is 0 Å². The van der Waals surface area contributed by atoms with Crippen LogP contribution in [0.4, 0.5) is 0 Å². The lowest BCUT2D eigenvalue weighted by Gasteiger charge is -2.48. The molecule has 0 aromatic carbocycles. The molecule has 0 bridgehead atoms. The lowest BCUT2D eigenvalue weighted by molar-refractivity contribution is -0.0511. The zero-order chi connectivity index (χ0) is 37.4. The molecule has 0 radical (unpaired) electrons. The van der Waals surface area contributed by atoms with E-state index in [0.717, 1.165) is 43.3 Å². The van der Waals surface area contributed by atoms with Crippen LogP contribution in [0, 0.1) is 0 Å². The summed E-state index contributed by atoms with van der Waals surface area (Å²) in [6, 6.07) is 0. The Morgan fingerprint density at radius 3 is 1.19 bits per heavy atom. The molecule has 0 aliphatic rings. The van der Waals surface area contributed by atoms with E-state index in [4.69, 9.17) is 23.7 Å². The van der Waals surface area contributed by atoms with Gasteiger partial charge < -0.3 is 23.7 Å². The first-order valence-corrected chi connectivity index (χ1v) is 26.3. The monoisotopic (exact) mass is 739 g/mol. The van der Waals surface area contributed by atoms with Gasteiger partial charge in [-0.2, -0.15) is 11.8 Å². The molecule has 284 valence electrons. The van der Waals surface area contributed by atoms with Gasteiger partial charge in [-0.15, -0.1) is 11.8 Å². The van der Waals surface area contributed by atoms with Crippen molar-refractivity contribution in [1.82, 2.24) is 0 Å². The number of ether oxygens (including phenoxy) is 5. The maximum absolute atomic E-state index is 6.54. The summed E-state index contributed by atoms with van der Waals surface area (Å²) in [7, 11) is -3.27. The van der Waals surface area contributed by atoms with Crippen molar-refractivity contribution in [1.29, 1.82) is 0 Å². The molecule has 9 heteroatoms. The van der Waals surface area contributed by atoms with Crippen LogP contribution in [0.1, 0.15) is 131 Å². The first-order valence-electron chi connectivity index (χ1n) is 18.1. The Morgan fingerprint density at radius 2 is 0.851 bits per heavy atom. The highest BCUT2D eigenvalue weighted by Gasteiger charge is 2.49. The second-order valence-electron chi connectivity index (χ2n) is 19.8. The summed E-state index contributed by atoms with van der Waals surface area (Å²) in [5, 5.41) is 0.385. The molecule has 1 atom stereocenters. The van der Waals surface area contributed by atoms with Gasteiger partial charge in [0.25, 0.3) is 0 Å². The Hall–Kier alpha value is 0.934. The van der Waals surface area contributed by atoms with E-state index in [9.17, 15) is 0 Å². The molecule has 0 fully saturated rings. The SMILES string of the molecule is CC(C)(C)OC(CSCCOC(C)(C)CCOC(C)(C)[Si](C)(C)C(C)(C)C)SCCOC(C)(C)CCOC(C)(C)[Si](C)(C)C(C)(C)C. The highest BCUT2D eigenvalue weighted by atomic mass is 32.2. The molecule has 0 aromatic rings. The molecule has 0 N–H and O–H groups in total. The van der Waals surface area contributed by atoms with Crippen LogP contribution in [0.15, 0.2) is 0 Å². The first kappa shape index (κ1) is 47.9. The number of rotatable bonds is 22. The minimum absolute atomic E-state index is 0.0893. The summed E-state index contributed by atoms with van der Waals surface area (Å²) in [5.41, 5.74) is -0.520. The van der Waals surface area contributed by atoms with Crippen molar-refractivity contribution in [3.05, 3.63) is 0 Å². The molecule has 0 saturated heterocycles. The second kappa shape index (κ2) is 18.1. The highest BCUT2D eigenvalue weighted by molar-refractivity contribution is 8.03. The average molecular weight is 739 g/mol. The zero-order valence-corrected chi connectivity index (χ0v) is 38.9. The topological polar surface area (TPSA) is 46.2 Å². The van der Waals surface area contributed by atoms with Gasteiger partial charge in [0.2, 0.25) is 0 Å². The van der Waals surface area contributed by atoms with Gasteiger partial charge in [0.1, 0.15) is 5.44 Å². The van der Waals surface area contributed by atoms with Crippen LogP contribution in [0.5, 0.6) is 0 Å². The molecule has 0 saturated carbocycles. The van der Waals surface area contributed by atoms with Gasteiger partial charge in [0.05, 0.1) is 56.6 Å². The maximum Gasteiger partial charge on any atom is 0.113 e. The van der Waals surface area contributed by atoms with Crippen LogP contribution < -0.4 is 0 Å². The average Bonchev–Trinajstić information content (AvgIpc) is 2.83. The minimum Gasteiger partial charge on any atom is -0.379 e. The van der Waals surface area contributed by atoms with Crippen molar-refractivity contribution in [3.63, 3.8) is 0 Å². The Labute approximate surface area is 305 Å². The van der Waals surface area contributed by atoms with Gasteiger partial charge in [0, 0.05) is 30.5 Å². The van der Waals surface area contributed by atoms with Crippen molar-refractivity contribution in [2.75, 3.05) is 43.7 Å². The molecule has 0 aliphatic carbocycles. The smallest absolute Gasteiger partial charge is 0.113 e. The van der Waals surface area contributed by atoms with E-state index in [2.05, 4.69) is 144 Å². The van der Waals surface area contributed by atoms with Crippen LogP contribution in [0.25, 0.3) is 0 Å². The van der Waals surface area contributed by atoms with E-state index in [0.29, 0.717) is 13.2 Å². The van der Waals surface area contributed by atoms with Crippen molar-refractivity contribution < 1.29 is 23.7 Å². The normalized spacial score (nSPS) is 15.8. The van der Waals surface area contributed by atoms with Crippen LogP contribution in [-0.4, -0.2) is 92.5 Å². The standard InChI is InChI=1S/C38H82O5S2Si2/c1-32(2,3)43-31(45-29-27-40-36(12,13)23-25-42-38(16,17)47(20,21)34(7,8)9)30-44-28-26-39-35(10,11)22-24-41-37(14,15)46(18,19)33(4,5)6/h31H,22-30H2,1-21H3. The van der Waals surface area contributed by atoms with Crippen LogP contribution in [0.2, 0.25) is 36.3 Å². The number of hydrogen-bond donors (Lipinski definition) is 0. The lowest BCUT2D eigenvalue weighted by Crippen LogP contribution is -2.58. The highest BCUT2D eigenvalue weighted by Crippen LogP contribution is 2.45. The van der Waals surface area contributed by atoms with Gasteiger partial charge in [-0.1, -0.05) is 67.7 Å². The minimum atomic E-state index is -1.64. The van der Waals surface area contributed by atoms with Crippen LogP contribution in [0.3, 0.4) is 0 Å². The van der Waals surface area contributed by atoms with E-state index < -0.39 is 16.1 Å². The third-order valence-corrected chi connectivity index (χ3v) is 27.5. The molecule has 47 heavy (non-hydrogen) atoms. The fraction of sp³-hybridized carbons (Fsp3) is 1.00. The molecule has 0 aromatic heterocycles. The Morgan fingerprint density at radius 1 is 0.489 bits per heavy atom. The Balaban J connectivity index is 4.68. The lowest BCUT2D eigenvalue weighted by atomic mass is 10.1. The Kier molecular flexibility index (Phi) is 18.5.